The Hall–Kier alpha value is -2.02. The quantitative estimate of drug-likeness (QED) is 0.320. The van der Waals surface area contributed by atoms with Crippen LogP contribution in [-0.4, -0.2) is 43.2 Å². The Morgan fingerprint density at radius 1 is 1.27 bits per heavy atom. The lowest BCUT2D eigenvalue weighted by Gasteiger charge is -2.21. The van der Waals surface area contributed by atoms with Gasteiger partial charge in [0.15, 0.2) is 5.96 Å². The van der Waals surface area contributed by atoms with Crippen LogP contribution in [0.3, 0.4) is 0 Å². The van der Waals surface area contributed by atoms with E-state index >= 15 is 0 Å². The van der Waals surface area contributed by atoms with Crippen LogP contribution < -0.4 is 16.0 Å². The SMILES string of the molecule is CCNC(=NCC(C)(O)c1ccco1)NCCNC(=O)C1CCCCC1. The molecule has 1 amide bonds. The van der Waals surface area contributed by atoms with Gasteiger partial charge in [0.1, 0.15) is 11.4 Å². The van der Waals surface area contributed by atoms with E-state index in [4.69, 9.17) is 4.42 Å². The molecule has 1 atom stereocenters. The maximum atomic E-state index is 12.1. The van der Waals surface area contributed by atoms with Crippen LogP contribution in [0.2, 0.25) is 0 Å². The summed E-state index contributed by atoms with van der Waals surface area (Å²) in [5.74, 6) is 1.42. The summed E-state index contributed by atoms with van der Waals surface area (Å²) in [6.07, 6.45) is 7.10. The molecule has 7 heteroatoms. The topological polar surface area (TPSA) is 98.9 Å². The van der Waals surface area contributed by atoms with Crippen molar-refractivity contribution in [3.63, 3.8) is 0 Å². The number of aliphatic imine (C=N–C) groups is 1. The van der Waals surface area contributed by atoms with Crippen molar-refractivity contribution in [2.75, 3.05) is 26.2 Å². The van der Waals surface area contributed by atoms with E-state index in [0.29, 0.717) is 31.4 Å². The molecule has 0 aliphatic heterocycles. The third-order valence-electron chi connectivity index (χ3n) is 4.63. The van der Waals surface area contributed by atoms with Gasteiger partial charge in [-0.1, -0.05) is 19.3 Å². The van der Waals surface area contributed by atoms with Gasteiger partial charge in [-0.2, -0.15) is 0 Å². The van der Waals surface area contributed by atoms with E-state index in [-0.39, 0.29) is 18.4 Å². The van der Waals surface area contributed by atoms with Gasteiger partial charge in [-0.25, -0.2) is 4.99 Å². The van der Waals surface area contributed by atoms with Crippen LogP contribution in [0.4, 0.5) is 0 Å². The Bertz CT molecular complexity index is 563. The normalized spacial score (nSPS) is 18.2. The number of carbonyl (C=O) groups excluding carboxylic acids is 1. The molecule has 1 fully saturated rings. The summed E-state index contributed by atoms with van der Waals surface area (Å²) in [7, 11) is 0. The zero-order chi connectivity index (χ0) is 18.8. The van der Waals surface area contributed by atoms with Crippen LogP contribution in [0.15, 0.2) is 27.8 Å². The highest BCUT2D eigenvalue weighted by Crippen LogP contribution is 2.23. The van der Waals surface area contributed by atoms with Gasteiger partial charge < -0.3 is 25.5 Å². The fourth-order valence-corrected chi connectivity index (χ4v) is 3.11. The van der Waals surface area contributed by atoms with Gasteiger partial charge in [-0.15, -0.1) is 0 Å². The molecule has 0 saturated heterocycles. The van der Waals surface area contributed by atoms with Gasteiger partial charge in [0.25, 0.3) is 0 Å². The Kier molecular flexibility index (Phi) is 7.97. The maximum Gasteiger partial charge on any atom is 0.223 e. The molecule has 1 aromatic heterocycles. The largest absolute Gasteiger partial charge is 0.466 e. The molecular formula is C19H32N4O3. The average molecular weight is 364 g/mol. The number of nitrogens with zero attached hydrogens (tertiary/aromatic N) is 1. The van der Waals surface area contributed by atoms with Crippen LogP contribution >= 0.6 is 0 Å². The number of rotatable bonds is 8. The summed E-state index contributed by atoms with van der Waals surface area (Å²) in [6.45, 7) is 5.66. The van der Waals surface area contributed by atoms with E-state index in [0.717, 1.165) is 25.7 Å². The first-order chi connectivity index (χ1) is 12.5. The Morgan fingerprint density at radius 2 is 2.00 bits per heavy atom. The molecule has 1 heterocycles. The van der Waals surface area contributed by atoms with Crippen molar-refractivity contribution in [1.29, 1.82) is 0 Å². The molecule has 26 heavy (non-hydrogen) atoms. The second-order valence-electron chi connectivity index (χ2n) is 7.00. The molecule has 146 valence electrons. The van der Waals surface area contributed by atoms with Crippen LogP contribution in [0.5, 0.6) is 0 Å². The molecule has 1 unspecified atom stereocenters. The van der Waals surface area contributed by atoms with E-state index in [1.807, 2.05) is 6.92 Å². The molecule has 2 rings (SSSR count). The highest BCUT2D eigenvalue weighted by molar-refractivity contribution is 5.80. The molecule has 7 nitrogen and oxygen atoms in total. The van der Waals surface area contributed by atoms with E-state index in [9.17, 15) is 9.90 Å². The lowest BCUT2D eigenvalue weighted by molar-refractivity contribution is -0.125. The van der Waals surface area contributed by atoms with Gasteiger partial charge in [0.2, 0.25) is 5.91 Å². The first kappa shape index (κ1) is 20.3. The first-order valence-corrected chi connectivity index (χ1v) is 9.59. The second-order valence-corrected chi connectivity index (χ2v) is 7.00. The van der Waals surface area contributed by atoms with Crippen LogP contribution in [0.25, 0.3) is 0 Å². The summed E-state index contributed by atoms with van der Waals surface area (Å²) in [6, 6.07) is 3.47. The number of hydrogen-bond donors (Lipinski definition) is 4. The van der Waals surface area contributed by atoms with Crippen molar-refractivity contribution < 1.29 is 14.3 Å². The van der Waals surface area contributed by atoms with Crippen molar-refractivity contribution in [3.05, 3.63) is 24.2 Å². The van der Waals surface area contributed by atoms with Crippen molar-refractivity contribution >= 4 is 11.9 Å². The smallest absolute Gasteiger partial charge is 0.223 e. The predicted octanol–water partition coefficient (Wildman–Crippen LogP) is 1.74. The van der Waals surface area contributed by atoms with Crippen LogP contribution in [0, 0.1) is 5.92 Å². The Morgan fingerprint density at radius 3 is 2.65 bits per heavy atom. The Labute approximate surface area is 155 Å². The van der Waals surface area contributed by atoms with E-state index < -0.39 is 5.60 Å². The van der Waals surface area contributed by atoms with Gasteiger partial charge in [-0.05, 0) is 38.8 Å². The maximum absolute atomic E-state index is 12.1. The predicted molar refractivity (Wildman–Crippen MR) is 102 cm³/mol. The molecular weight excluding hydrogens is 332 g/mol. The van der Waals surface area contributed by atoms with Crippen molar-refractivity contribution in [3.8, 4) is 0 Å². The molecule has 0 radical (unpaired) electrons. The van der Waals surface area contributed by atoms with Gasteiger partial charge in [0.05, 0.1) is 12.8 Å². The molecule has 0 aromatic carbocycles. The average Bonchev–Trinajstić information content (AvgIpc) is 3.19. The molecule has 1 aliphatic carbocycles. The molecule has 1 aliphatic rings. The molecule has 0 bridgehead atoms. The number of guanidine groups is 1. The fourth-order valence-electron chi connectivity index (χ4n) is 3.11. The summed E-state index contributed by atoms with van der Waals surface area (Å²) >= 11 is 0. The Balaban J connectivity index is 1.75. The molecule has 1 saturated carbocycles. The third kappa shape index (κ3) is 6.37. The number of amides is 1. The van der Waals surface area contributed by atoms with E-state index in [2.05, 4.69) is 20.9 Å². The van der Waals surface area contributed by atoms with E-state index in [1.165, 1.54) is 12.7 Å². The number of carbonyl (C=O) groups is 1. The highest BCUT2D eigenvalue weighted by Gasteiger charge is 2.26. The first-order valence-electron chi connectivity index (χ1n) is 9.59. The second kappa shape index (κ2) is 10.2. The van der Waals surface area contributed by atoms with Crippen molar-refractivity contribution in [2.24, 2.45) is 10.9 Å². The lowest BCUT2D eigenvalue weighted by atomic mass is 9.89. The number of aliphatic hydroxyl groups is 1. The van der Waals surface area contributed by atoms with Gasteiger partial charge in [-0.3, -0.25) is 4.79 Å². The van der Waals surface area contributed by atoms with Crippen molar-refractivity contribution in [2.45, 2.75) is 51.6 Å². The minimum atomic E-state index is -1.17. The number of furan rings is 1. The number of hydrogen-bond acceptors (Lipinski definition) is 4. The standard InChI is InChI=1S/C19H32N4O3/c1-3-20-18(23-14-19(2,25)16-10-7-13-26-16)22-12-11-21-17(24)15-8-5-4-6-9-15/h7,10,13,15,25H,3-6,8-9,11-12,14H2,1-2H3,(H,21,24)(H2,20,22,23). The molecule has 1 aromatic rings. The monoisotopic (exact) mass is 364 g/mol. The van der Waals surface area contributed by atoms with E-state index in [1.54, 1.807) is 19.1 Å². The summed E-state index contributed by atoms with van der Waals surface area (Å²) in [4.78, 5) is 16.5. The summed E-state index contributed by atoms with van der Waals surface area (Å²) in [5, 5.41) is 19.8. The molecule has 4 N–H and O–H groups in total. The number of nitrogens with one attached hydrogen (secondary N) is 3. The van der Waals surface area contributed by atoms with Crippen LogP contribution in [-0.2, 0) is 10.4 Å². The summed E-state index contributed by atoms with van der Waals surface area (Å²) < 4.78 is 5.27. The van der Waals surface area contributed by atoms with Gasteiger partial charge >= 0.3 is 0 Å². The van der Waals surface area contributed by atoms with Crippen LogP contribution in [0.1, 0.15) is 51.7 Å². The zero-order valence-corrected chi connectivity index (χ0v) is 15.9. The summed E-state index contributed by atoms with van der Waals surface area (Å²) in [5.41, 5.74) is -1.17. The third-order valence-corrected chi connectivity index (χ3v) is 4.63. The minimum Gasteiger partial charge on any atom is -0.466 e. The minimum absolute atomic E-state index is 0.161. The fraction of sp³-hybridized carbons (Fsp3) is 0.684. The highest BCUT2D eigenvalue weighted by atomic mass is 16.4. The molecule has 0 spiro atoms. The van der Waals surface area contributed by atoms with Crippen molar-refractivity contribution in [1.82, 2.24) is 16.0 Å². The zero-order valence-electron chi connectivity index (χ0n) is 15.9. The van der Waals surface area contributed by atoms with Gasteiger partial charge in [0, 0.05) is 25.6 Å². The lowest BCUT2D eigenvalue weighted by Crippen LogP contribution is -2.43.